The second-order valence-corrected chi connectivity index (χ2v) is 6.37. The number of aliphatic hydroxyl groups is 1. The smallest absolute Gasteiger partial charge is 0.221 e. The zero-order chi connectivity index (χ0) is 14.2. The lowest BCUT2D eigenvalue weighted by atomic mass is 9.95. The molecule has 1 saturated carbocycles. The van der Waals surface area contributed by atoms with Gasteiger partial charge in [0.1, 0.15) is 0 Å². The van der Waals surface area contributed by atoms with Gasteiger partial charge in [0, 0.05) is 25.0 Å². The van der Waals surface area contributed by atoms with Gasteiger partial charge in [0.15, 0.2) is 0 Å². The Morgan fingerprint density at radius 1 is 1.05 bits per heavy atom. The molecule has 0 bridgehead atoms. The quantitative estimate of drug-likeness (QED) is 0.811. The van der Waals surface area contributed by atoms with Crippen molar-refractivity contribution in [2.24, 2.45) is 0 Å². The molecule has 0 radical (unpaired) electrons. The Bertz CT molecular complexity index is 290. The second-order valence-electron chi connectivity index (χ2n) is 6.37. The van der Waals surface area contributed by atoms with Gasteiger partial charge in [0.05, 0.1) is 6.61 Å². The fraction of sp³-hybridized carbons (Fsp3) is 0.938. The van der Waals surface area contributed by atoms with E-state index in [1.54, 1.807) is 0 Å². The lowest BCUT2D eigenvalue weighted by Crippen LogP contribution is -2.42. The Morgan fingerprint density at radius 3 is 2.50 bits per heavy atom. The van der Waals surface area contributed by atoms with Crippen LogP contribution in [0.3, 0.4) is 0 Å². The average Bonchev–Trinajstić information content (AvgIpc) is 2.71. The SMILES string of the molecule is O=C(CCN1CCCCCC1CO)NC1CCCCC1. The van der Waals surface area contributed by atoms with Crippen LogP contribution < -0.4 is 5.32 Å². The third-order valence-corrected chi connectivity index (χ3v) is 4.81. The molecule has 2 aliphatic rings. The Labute approximate surface area is 122 Å². The summed E-state index contributed by atoms with van der Waals surface area (Å²) in [6.07, 6.45) is 11.4. The molecular formula is C16H30N2O2. The van der Waals surface area contributed by atoms with E-state index in [1.807, 2.05) is 0 Å². The minimum Gasteiger partial charge on any atom is -0.395 e. The van der Waals surface area contributed by atoms with Crippen LogP contribution in [0.25, 0.3) is 0 Å². The third kappa shape index (κ3) is 5.06. The lowest BCUT2D eigenvalue weighted by molar-refractivity contribution is -0.122. The van der Waals surface area contributed by atoms with E-state index in [0.29, 0.717) is 12.5 Å². The molecule has 1 atom stereocenters. The Kier molecular flexibility index (Phi) is 6.80. The molecule has 0 aromatic heterocycles. The summed E-state index contributed by atoms with van der Waals surface area (Å²) in [7, 11) is 0. The van der Waals surface area contributed by atoms with Gasteiger partial charge in [-0.3, -0.25) is 9.69 Å². The molecule has 1 amide bonds. The van der Waals surface area contributed by atoms with Crippen LogP contribution in [-0.2, 0) is 4.79 Å². The molecule has 4 nitrogen and oxygen atoms in total. The van der Waals surface area contributed by atoms with Crippen molar-refractivity contribution in [2.45, 2.75) is 76.3 Å². The highest BCUT2D eigenvalue weighted by Crippen LogP contribution is 2.18. The summed E-state index contributed by atoms with van der Waals surface area (Å²) >= 11 is 0. The third-order valence-electron chi connectivity index (χ3n) is 4.81. The molecular weight excluding hydrogens is 252 g/mol. The van der Waals surface area contributed by atoms with Gasteiger partial charge in [-0.05, 0) is 32.2 Å². The van der Waals surface area contributed by atoms with E-state index in [4.69, 9.17) is 0 Å². The number of hydrogen-bond acceptors (Lipinski definition) is 3. The maximum atomic E-state index is 12.0. The van der Waals surface area contributed by atoms with Crippen LogP contribution in [-0.4, -0.2) is 47.7 Å². The van der Waals surface area contributed by atoms with E-state index < -0.39 is 0 Å². The molecule has 2 rings (SSSR count). The molecule has 1 unspecified atom stereocenters. The summed E-state index contributed by atoms with van der Waals surface area (Å²) in [5.41, 5.74) is 0. The molecule has 1 heterocycles. The summed E-state index contributed by atoms with van der Waals surface area (Å²) in [6, 6.07) is 0.675. The van der Waals surface area contributed by atoms with Crippen molar-refractivity contribution in [2.75, 3.05) is 19.7 Å². The fourth-order valence-corrected chi connectivity index (χ4v) is 3.53. The van der Waals surface area contributed by atoms with Crippen LogP contribution in [0.5, 0.6) is 0 Å². The van der Waals surface area contributed by atoms with Crippen molar-refractivity contribution in [3.05, 3.63) is 0 Å². The van der Waals surface area contributed by atoms with Crippen LogP contribution in [0.4, 0.5) is 0 Å². The zero-order valence-electron chi connectivity index (χ0n) is 12.6. The van der Waals surface area contributed by atoms with E-state index >= 15 is 0 Å². The number of aliphatic hydroxyl groups excluding tert-OH is 1. The first kappa shape index (κ1) is 15.8. The summed E-state index contributed by atoms with van der Waals surface area (Å²) < 4.78 is 0. The molecule has 20 heavy (non-hydrogen) atoms. The van der Waals surface area contributed by atoms with Crippen molar-refractivity contribution in [3.8, 4) is 0 Å². The van der Waals surface area contributed by atoms with Gasteiger partial charge in [-0.1, -0.05) is 32.1 Å². The van der Waals surface area contributed by atoms with E-state index in [0.717, 1.165) is 32.4 Å². The number of amides is 1. The van der Waals surface area contributed by atoms with Crippen molar-refractivity contribution in [3.63, 3.8) is 0 Å². The maximum absolute atomic E-state index is 12.0. The predicted molar refractivity (Wildman–Crippen MR) is 80.5 cm³/mol. The molecule has 4 heteroatoms. The van der Waals surface area contributed by atoms with Gasteiger partial charge < -0.3 is 10.4 Å². The van der Waals surface area contributed by atoms with Gasteiger partial charge in [0.25, 0.3) is 0 Å². The average molecular weight is 282 g/mol. The molecule has 1 aliphatic carbocycles. The Balaban J connectivity index is 1.70. The summed E-state index contributed by atoms with van der Waals surface area (Å²) in [5.74, 6) is 0.192. The normalized spacial score (nSPS) is 26.1. The Hall–Kier alpha value is -0.610. The number of rotatable bonds is 5. The monoisotopic (exact) mass is 282 g/mol. The summed E-state index contributed by atoms with van der Waals surface area (Å²) in [6.45, 7) is 2.05. The number of nitrogens with zero attached hydrogens (tertiary/aromatic N) is 1. The highest BCUT2D eigenvalue weighted by Gasteiger charge is 2.21. The van der Waals surface area contributed by atoms with Crippen LogP contribution in [0.2, 0.25) is 0 Å². The van der Waals surface area contributed by atoms with E-state index in [9.17, 15) is 9.90 Å². The van der Waals surface area contributed by atoms with Gasteiger partial charge in [-0.25, -0.2) is 0 Å². The number of nitrogens with one attached hydrogen (secondary N) is 1. The lowest BCUT2D eigenvalue weighted by Gasteiger charge is -2.28. The van der Waals surface area contributed by atoms with E-state index in [1.165, 1.54) is 38.5 Å². The highest BCUT2D eigenvalue weighted by molar-refractivity contribution is 5.76. The van der Waals surface area contributed by atoms with Crippen molar-refractivity contribution in [1.82, 2.24) is 10.2 Å². The van der Waals surface area contributed by atoms with Crippen LogP contribution in [0, 0.1) is 0 Å². The van der Waals surface area contributed by atoms with E-state index in [-0.39, 0.29) is 18.6 Å². The van der Waals surface area contributed by atoms with Crippen LogP contribution in [0.1, 0.15) is 64.2 Å². The first-order valence-electron chi connectivity index (χ1n) is 8.44. The number of likely N-dealkylation sites (tertiary alicyclic amines) is 1. The number of carbonyl (C=O) groups is 1. The molecule has 0 aromatic carbocycles. The molecule has 0 aromatic rings. The van der Waals surface area contributed by atoms with Gasteiger partial charge in [-0.2, -0.15) is 0 Å². The minimum atomic E-state index is 0.192. The van der Waals surface area contributed by atoms with Gasteiger partial charge in [0.2, 0.25) is 5.91 Å². The molecule has 2 fully saturated rings. The van der Waals surface area contributed by atoms with Crippen LogP contribution >= 0.6 is 0 Å². The van der Waals surface area contributed by atoms with E-state index in [2.05, 4.69) is 10.2 Å². The largest absolute Gasteiger partial charge is 0.395 e. The fourth-order valence-electron chi connectivity index (χ4n) is 3.53. The van der Waals surface area contributed by atoms with Crippen molar-refractivity contribution < 1.29 is 9.90 Å². The molecule has 0 spiro atoms. The minimum absolute atomic E-state index is 0.192. The molecule has 2 N–H and O–H groups in total. The first-order valence-corrected chi connectivity index (χ1v) is 8.44. The molecule has 116 valence electrons. The van der Waals surface area contributed by atoms with Gasteiger partial charge in [-0.15, -0.1) is 0 Å². The first-order chi connectivity index (χ1) is 9.79. The predicted octanol–water partition coefficient (Wildman–Crippen LogP) is 2.06. The maximum Gasteiger partial charge on any atom is 0.221 e. The Morgan fingerprint density at radius 2 is 1.75 bits per heavy atom. The van der Waals surface area contributed by atoms with Gasteiger partial charge >= 0.3 is 0 Å². The van der Waals surface area contributed by atoms with Crippen molar-refractivity contribution in [1.29, 1.82) is 0 Å². The highest BCUT2D eigenvalue weighted by atomic mass is 16.3. The second kappa shape index (κ2) is 8.63. The topological polar surface area (TPSA) is 52.6 Å². The standard InChI is InChI=1S/C16H30N2O2/c19-13-15-9-5-2-6-11-18(15)12-10-16(20)17-14-7-3-1-4-8-14/h14-15,19H,1-13H2,(H,17,20). The molecule has 1 saturated heterocycles. The number of carbonyl (C=O) groups excluding carboxylic acids is 1. The zero-order valence-corrected chi connectivity index (χ0v) is 12.6. The number of hydrogen-bond donors (Lipinski definition) is 2. The summed E-state index contributed by atoms with van der Waals surface area (Å²) in [4.78, 5) is 14.3. The summed E-state index contributed by atoms with van der Waals surface area (Å²) in [5, 5.41) is 12.6. The molecule has 1 aliphatic heterocycles. The van der Waals surface area contributed by atoms with Crippen LogP contribution in [0.15, 0.2) is 0 Å². The van der Waals surface area contributed by atoms with Crippen molar-refractivity contribution >= 4 is 5.91 Å².